The number of thioether (sulfide) groups is 1. The molecule has 1 fully saturated rings. The average molecular weight is 410 g/mol. The molecule has 1 aliphatic heterocycles. The molecule has 26 heavy (non-hydrogen) atoms. The van der Waals surface area contributed by atoms with Gasteiger partial charge in [0.25, 0.3) is 10.1 Å². The number of nitrogens with zero attached hydrogens (tertiary/aromatic N) is 1. The average Bonchev–Trinajstić information content (AvgIpc) is 2.75. The summed E-state index contributed by atoms with van der Waals surface area (Å²) in [7, 11) is -2.62. The van der Waals surface area contributed by atoms with E-state index in [0.717, 1.165) is 12.3 Å². The normalized spacial score (nSPS) is 21.7. The maximum absolute atomic E-state index is 12.7. The van der Waals surface area contributed by atoms with Crippen LogP contribution in [0.15, 0.2) is 12.2 Å². The number of ether oxygens (including phenoxy) is 2. The molecule has 0 saturated carbocycles. The summed E-state index contributed by atoms with van der Waals surface area (Å²) in [5.41, 5.74) is -0.708. The van der Waals surface area contributed by atoms with Gasteiger partial charge in [0.1, 0.15) is 11.7 Å². The number of rotatable bonds is 5. The molecule has 1 saturated heterocycles. The van der Waals surface area contributed by atoms with Gasteiger partial charge in [-0.3, -0.25) is 9.08 Å². The summed E-state index contributed by atoms with van der Waals surface area (Å²) in [5, 5.41) is 0. The summed E-state index contributed by atoms with van der Waals surface area (Å²) in [4.78, 5) is 24.9. The third kappa shape index (κ3) is 6.81. The van der Waals surface area contributed by atoms with E-state index < -0.39 is 44.8 Å². The maximum Gasteiger partial charge on any atom is 0.411 e. The first kappa shape index (κ1) is 22.8. The summed E-state index contributed by atoms with van der Waals surface area (Å²) in [6, 6.07) is -0.638. The number of carbonyl (C=O) groups excluding carboxylic acids is 2. The van der Waals surface area contributed by atoms with E-state index in [1.54, 1.807) is 20.8 Å². The molecule has 8 nitrogen and oxygen atoms in total. The van der Waals surface area contributed by atoms with Crippen molar-refractivity contribution >= 4 is 33.9 Å². The molecule has 0 N–H and O–H groups in total. The van der Waals surface area contributed by atoms with Crippen molar-refractivity contribution in [2.45, 2.75) is 57.2 Å². The number of methoxy groups -OCH3 is 1. The molecule has 0 spiro atoms. The van der Waals surface area contributed by atoms with Gasteiger partial charge >= 0.3 is 12.1 Å². The largest absolute Gasteiger partial charge is 0.466 e. The second kappa shape index (κ2) is 8.18. The molecule has 10 heteroatoms. The predicted molar refractivity (Wildman–Crippen MR) is 99.3 cm³/mol. The number of carbonyl (C=O) groups is 2. The van der Waals surface area contributed by atoms with Gasteiger partial charge in [-0.25, -0.2) is 9.59 Å². The number of amides is 1. The molecule has 0 aliphatic carbocycles. The zero-order valence-electron chi connectivity index (χ0n) is 16.1. The van der Waals surface area contributed by atoms with Crippen LogP contribution in [-0.4, -0.2) is 67.1 Å². The van der Waals surface area contributed by atoms with Crippen LogP contribution in [-0.2, 0) is 28.6 Å². The summed E-state index contributed by atoms with van der Waals surface area (Å²) < 4.78 is 38.5. The van der Waals surface area contributed by atoms with Crippen LogP contribution >= 0.6 is 11.8 Å². The van der Waals surface area contributed by atoms with Crippen molar-refractivity contribution in [2.75, 3.05) is 19.1 Å². The van der Waals surface area contributed by atoms with Crippen LogP contribution in [0.4, 0.5) is 4.79 Å². The lowest BCUT2D eigenvalue weighted by Gasteiger charge is -2.37. The Hall–Kier alpha value is -1.26. The van der Waals surface area contributed by atoms with Crippen LogP contribution in [0.1, 0.15) is 34.6 Å². The lowest BCUT2D eigenvalue weighted by Crippen LogP contribution is -2.53. The summed E-state index contributed by atoms with van der Waals surface area (Å²) in [5.74, 6) is -0.237. The summed E-state index contributed by atoms with van der Waals surface area (Å²) in [6.07, 6.45) is 1.66. The zero-order valence-corrected chi connectivity index (χ0v) is 17.8. The number of hydrogen-bond acceptors (Lipinski definition) is 8. The molecule has 0 aromatic heterocycles. The van der Waals surface area contributed by atoms with Crippen molar-refractivity contribution < 1.29 is 31.7 Å². The fourth-order valence-electron chi connectivity index (χ4n) is 2.41. The van der Waals surface area contributed by atoms with E-state index in [-0.39, 0.29) is 0 Å². The fourth-order valence-corrected chi connectivity index (χ4v) is 4.27. The standard InChI is InChI=1S/C16H27NO7S2/c1-15(2,3)23-14(19)17-11(10-25-16(17,4)5)12(24-26(7,20)21)8-9-13(18)22-6/h8-9,11-12H,10H2,1-7H3/b9-8+/t11-,12+/m0/s1. The molecule has 0 bridgehead atoms. The minimum absolute atomic E-state index is 0.415. The zero-order chi connectivity index (χ0) is 20.3. The van der Waals surface area contributed by atoms with Gasteiger partial charge in [-0.1, -0.05) is 0 Å². The monoisotopic (exact) mass is 409 g/mol. The molecule has 1 amide bonds. The number of hydrogen-bond donors (Lipinski definition) is 0. The molecule has 0 aromatic carbocycles. The second-order valence-electron chi connectivity index (χ2n) is 7.32. The van der Waals surface area contributed by atoms with Crippen LogP contribution in [0, 0.1) is 0 Å². The van der Waals surface area contributed by atoms with E-state index in [9.17, 15) is 18.0 Å². The van der Waals surface area contributed by atoms with Gasteiger partial charge in [0.15, 0.2) is 0 Å². The first-order valence-corrected chi connectivity index (χ1v) is 10.8. The lowest BCUT2D eigenvalue weighted by molar-refractivity contribution is -0.134. The van der Waals surface area contributed by atoms with Crippen LogP contribution in [0.2, 0.25) is 0 Å². The van der Waals surface area contributed by atoms with Gasteiger partial charge < -0.3 is 9.47 Å². The van der Waals surface area contributed by atoms with E-state index in [4.69, 9.17) is 8.92 Å². The Morgan fingerprint density at radius 1 is 1.31 bits per heavy atom. The molecule has 150 valence electrons. The quantitative estimate of drug-likeness (QED) is 0.387. The highest BCUT2D eigenvalue weighted by molar-refractivity contribution is 8.00. The summed E-state index contributed by atoms with van der Waals surface area (Å²) in [6.45, 7) is 8.92. The third-order valence-electron chi connectivity index (χ3n) is 3.40. The number of esters is 1. The Morgan fingerprint density at radius 3 is 2.35 bits per heavy atom. The predicted octanol–water partition coefficient (Wildman–Crippen LogP) is 2.15. The molecule has 0 radical (unpaired) electrons. The second-order valence-corrected chi connectivity index (χ2v) is 10.5. The first-order chi connectivity index (χ1) is 11.7. The van der Waals surface area contributed by atoms with E-state index in [2.05, 4.69) is 4.74 Å². The smallest absolute Gasteiger partial charge is 0.411 e. The Bertz CT molecular complexity index is 665. The van der Waals surface area contributed by atoms with Gasteiger partial charge in [0.05, 0.1) is 24.3 Å². The third-order valence-corrected chi connectivity index (χ3v) is 5.38. The summed E-state index contributed by atoms with van der Waals surface area (Å²) >= 11 is 1.46. The minimum atomic E-state index is -3.83. The SMILES string of the molecule is COC(=O)/C=C/[C@@H](OS(C)(=O)=O)[C@@H]1CSC(C)(C)N1C(=O)OC(C)(C)C. The van der Waals surface area contributed by atoms with Gasteiger partial charge in [-0.15, -0.1) is 11.8 Å². The molecular formula is C16H27NO7S2. The van der Waals surface area contributed by atoms with Crippen molar-refractivity contribution in [2.24, 2.45) is 0 Å². The molecular weight excluding hydrogens is 382 g/mol. The van der Waals surface area contributed by atoms with Crippen molar-refractivity contribution in [3.63, 3.8) is 0 Å². The van der Waals surface area contributed by atoms with Gasteiger partial charge in [-0.05, 0) is 40.7 Å². The molecule has 1 aliphatic rings. The first-order valence-electron chi connectivity index (χ1n) is 7.97. The van der Waals surface area contributed by atoms with Crippen LogP contribution in [0.25, 0.3) is 0 Å². The molecule has 0 unspecified atom stereocenters. The van der Waals surface area contributed by atoms with Crippen molar-refractivity contribution in [1.29, 1.82) is 0 Å². The molecule has 2 atom stereocenters. The van der Waals surface area contributed by atoms with Gasteiger partial charge in [0.2, 0.25) is 0 Å². The fraction of sp³-hybridized carbons (Fsp3) is 0.750. The van der Waals surface area contributed by atoms with E-state index >= 15 is 0 Å². The van der Waals surface area contributed by atoms with E-state index in [1.807, 2.05) is 13.8 Å². The Morgan fingerprint density at radius 2 is 1.88 bits per heavy atom. The lowest BCUT2D eigenvalue weighted by atomic mass is 10.1. The molecule has 0 aromatic rings. The van der Waals surface area contributed by atoms with Crippen molar-refractivity contribution in [3.05, 3.63) is 12.2 Å². The van der Waals surface area contributed by atoms with E-state index in [0.29, 0.717) is 5.75 Å². The molecule has 1 heterocycles. The highest BCUT2D eigenvalue weighted by Gasteiger charge is 2.48. The minimum Gasteiger partial charge on any atom is -0.466 e. The van der Waals surface area contributed by atoms with Crippen LogP contribution < -0.4 is 0 Å². The highest BCUT2D eigenvalue weighted by atomic mass is 32.2. The Kier molecular flexibility index (Phi) is 7.17. The van der Waals surface area contributed by atoms with Crippen LogP contribution in [0.3, 0.4) is 0 Å². The van der Waals surface area contributed by atoms with Crippen molar-refractivity contribution in [3.8, 4) is 0 Å². The highest BCUT2D eigenvalue weighted by Crippen LogP contribution is 2.41. The van der Waals surface area contributed by atoms with Gasteiger partial charge in [-0.2, -0.15) is 8.42 Å². The van der Waals surface area contributed by atoms with Crippen LogP contribution in [0.5, 0.6) is 0 Å². The molecule has 1 rings (SSSR count). The topological polar surface area (TPSA) is 99.2 Å². The van der Waals surface area contributed by atoms with Gasteiger partial charge in [0, 0.05) is 11.8 Å². The Balaban J connectivity index is 3.22. The van der Waals surface area contributed by atoms with Crippen molar-refractivity contribution in [1.82, 2.24) is 4.90 Å². The maximum atomic E-state index is 12.7. The Labute approximate surface area is 159 Å². The van der Waals surface area contributed by atoms with E-state index in [1.165, 1.54) is 29.8 Å².